The Morgan fingerprint density at radius 1 is 1.09 bits per heavy atom. The van der Waals surface area contributed by atoms with E-state index in [0.717, 1.165) is 10.8 Å². The van der Waals surface area contributed by atoms with Crippen LogP contribution in [0.25, 0.3) is 22.1 Å². The first-order chi connectivity index (χ1) is 15.3. The van der Waals surface area contributed by atoms with Crippen LogP contribution in [0.4, 0.5) is 10.5 Å². The van der Waals surface area contributed by atoms with Crippen LogP contribution in [0.15, 0.2) is 65.2 Å². The van der Waals surface area contributed by atoms with Crippen molar-refractivity contribution in [3.8, 4) is 11.3 Å². The molecule has 1 heterocycles. The maximum absolute atomic E-state index is 12.6. The highest BCUT2D eigenvalue weighted by Crippen LogP contribution is 2.34. The van der Waals surface area contributed by atoms with E-state index >= 15 is 0 Å². The number of fused-ring (bicyclic) bond motifs is 1. The van der Waals surface area contributed by atoms with Crippen molar-refractivity contribution in [2.45, 2.75) is 20.0 Å². The fourth-order valence-corrected chi connectivity index (χ4v) is 3.68. The van der Waals surface area contributed by atoms with Gasteiger partial charge in [0.05, 0.1) is 5.56 Å². The molecule has 3 aromatic carbocycles. The summed E-state index contributed by atoms with van der Waals surface area (Å²) in [5.41, 5.74) is 2.46. The Bertz CT molecular complexity index is 1330. The molecular weight excluding hydrogens is 432 g/mol. The first-order valence-electron chi connectivity index (χ1n) is 9.79. The Morgan fingerprint density at radius 2 is 1.81 bits per heavy atom. The van der Waals surface area contributed by atoms with Gasteiger partial charge in [0, 0.05) is 16.1 Å². The second kappa shape index (κ2) is 8.72. The highest BCUT2D eigenvalue weighted by molar-refractivity contribution is 6.31. The molecule has 0 fully saturated rings. The molecule has 1 atom stereocenters. The number of nitrogens with one attached hydrogen (secondary N) is 1. The maximum atomic E-state index is 12.6. The van der Waals surface area contributed by atoms with Crippen LogP contribution in [0.2, 0.25) is 5.02 Å². The number of hydrogen-bond donors (Lipinski definition) is 2. The number of aromatic carboxylic acids is 1. The largest absolute Gasteiger partial charge is 0.478 e. The molecule has 32 heavy (non-hydrogen) atoms. The molecule has 4 rings (SSSR count). The predicted molar refractivity (Wildman–Crippen MR) is 121 cm³/mol. The summed E-state index contributed by atoms with van der Waals surface area (Å²) in [5, 5.41) is 18.0. The lowest BCUT2D eigenvalue weighted by Gasteiger charge is -2.15. The highest BCUT2D eigenvalue weighted by Gasteiger charge is 2.21. The van der Waals surface area contributed by atoms with E-state index in [2.05, 4.69) is 10.5 Å². The smallest absolute Gasteiger partial charge is 0.412 e. The van der Waals surface area contributed by atoms with Crippen LogP contribution in [0, 0.1) is 6.92 Å². The molecule has 0 unspecified atom stereocenters. The number of amides is 1. The van der Waals surface area contributed by atoms with Crippen molar-refractivity contribution in [1.82, 2.24) is 5.16 Å². The molecule has 0 bridgehead atoms. The number of anilines is 1. The van der Waals surface area contributed by atoms with Crippen molar-refractivity contribution in [2.24, 2.45) is 0 Å². The molecule has 0 spiro atoms. The number of halogens is 1. The van der Waals surface area contributed by atoms with Gasteiger partial charge in [-0.15, -0.1) is 0 Å². The van der Waals surface area contributed by atoms with Crippen LogP contribution < -0.4 is 5.32 Å². The normalized spacial score (nSPS) is 11.8. The van der Waals surface area contributed by atoms with E-state index in [1.54, 1.807) is 56.3 Å². The third-order valence-corrected chi connectivity index (χ3v) is 5.41. The number of carbonyl (C=O) groups excluding carboxylic acids is 1. The van der Waals surface area contributed by atoms with Crippen LogP contribution in [0.3, 0.4) is 0 Å². The summed E-state index contributed by atoms with van der Waals surface area (Å²) in [4.78, 5) is 23.7. The molecule has 0 aliphatic heterocycles. The molecular formula is C24H19ClN2O5. The van der Waals surface area contributed by atoms with E-state index in [9.17, 15) is 9.59 Å². The molecule has 0 aliphatic carbocycles. The summed E-state index contributed by atoms with van der Waals surface area (Å²) < 4.78 is 10.9. The lowest BCUT2D eigenvalue weighted by molar-refractivity contribution is 0.0697. The van der Waals surface area contributed by atoms with Gasteiger partial charge in [-0.3, -0.25) is 5.32 Å². The molecule has 0 saturated carbocycles. The minimum atomic E-state index is -0.988. The highest BCUT2D eigenvalue weighted by atomic mass is 35.5. The quantitative estimate of drug-likeness (QED) is 0.361. The predicted octanol–water partition coefficient (Wildman–Crippen LogP) is 6.46. The van der Waals surface area contributed by atoms with E-state index in [-0.39, 0.29) is 5.56 Å². The topological polar surface area (TPSA) is 102 Å². The molecule has 0 radical (unpaired) electrons. The van der Waals surface area contributed by atoms with Gasteiger partial charge in [0.15, 0.2) is 5.76 Å². The zero-order chi connectivity index (χ0) is 22.8. The summed E-state index contributed by atoms with van der Waals surface area (Å²) in [6.45, 7) is 3.44. The Morgan fingerprint density at radius 3 is 2.56 bits per heavy atom. The third kappa shape index (κ3) is 4.29. The molecule has 162 valence electrons. The van der Waals surface area contributed by atoms with Crippen molar-refractivity contribution >= 4 is 40.1 Å². The number of rotatable bonds is 5. The SMILES string of the molecule is Cc1noc(-c2ccc3cc(C(=O)O)ccc3c2)c1NC(=O)O[C@H](C)c1ccccc1Cl. The zero-order valence-corrected chi connectivity index (χ0v) is 18.0. The second-order valence-electron chi connectivity index (χ2n) is 7.25. The van der Waals surface area contributed by atoms with E-state index < -0.39 is 18.2 Å². The second-order valence-corrected chi connectivity index (χ2v) is 7.66. The summed E-state index contributed by atoms with van der Waals surface area (Å²) in [6.07, 6.45) is -1.23. The molecule has 1 aromatic heterocycles. The average Bonchev–Trinajstić information content (AvgIpc) is 3.13. The summed E-state index contributed by atoms with van der Waals surface area (Å²) in [7, 11) is 0. The van der Waals surface area contributed by atoms with Gasteiger partial charge < -0.3 is 14.4 Å². The number of ether oxygens (including phenoxy) is 1. The Balaban J connectivity index is 1.58. The van der Waals surface area contributed by atoms with Crippen molar-refractivity contribution in [3.05, 3.63) is 82.5 Å². The number of hydrogen-bond acceptors (Lipinski definition) is 5. The van der Waals surface area contributed by atoms with Gasteiger partial charge in [0.1, 0.15) is 17.5 Å². The molecule has 4 aromatic rings. The lowest BCUT2D eigenvalue weighted by atomic mass is 10.0. The standard InChI is InChI=1S/C24H19ClN2O5/c1-13-21(26-24(30)31-14(2)19-5-3-4-6-20(19)25)22(32-27-13)17-9-7-16-12-18(23(28)29)10-8-15(16)11-17/h3-12,14H,1-2H3,(H,26,30)(H,28,29)/t14-/m1/s1. The third-order valence-electron chi connectivity index (χ3n) is 5.07. The van der Waals surface area contributed by atoms with Crippen LogP contribution >= 0.6 is 11.6 Å². The maximum Gasteiger partial charge on any atom is 0.412 e. The zero-order valence-electron chi connectivity index (χ0n) is 17.3. The number of benzene rings is 3. The van der Waals surface area contributed by atoms with Gasteiger partial charge in [0.25, 0.3) is 0 Å². The molecule has 7 nitrogen and oxygen atoms in total. The van der Waals surface area contributed by atoms with E-state index in [4.69, 9.17) is 26.0 Å². The van der Waals surface area contributed by atoms with Crippen molar-refractivity contribution in [3.63, 3.8) is 0 Å². The fraction of sp³-hybridized carbons (Fsp3) is 0.125. The van der Waals surface area contributed by atoms with Gasteiger partial charge in [0.2, 0.25) is 0 Å². The lowest BCUT2D eigenvalue weighted by Crippen LogP contribution is -2.17. The van der Waals surface area contributed by atoms with Gasteiger partial charge in [-0.1, -0.05) is 53.2 Å². The van der Waals surface area contributed by atoms with Crippen molar-refractivity contribution in [1.29, 1.82) is 0 Å². The molecule has 1 amide bonds. The monoisotopic (exact) mass is 450 g/mol. The Kier molecular flexibility index (Phi) is 5.83. The van der Waals surface area contributed by atoms with E-state index in [1.807, 2.05) is 12.1 Å². The minimum absolute atomic E-state index is 0.207. The van der Waals surface area contributed by atoms with Crippen LogP contribution in [0.5, 0.6) is 0 Å². The summed E-state index contributed by atoms with van der Waals surface area (Å²) in [5.74, 6) is -0.619. The Labute approximate surface area is 188 Å². The summed E-state index contributed by atoms with van der Waals surface area (Å²) in [6, 6.07) is 17.4. The number of nitrogens with zero attached hydrogens (tertiary/aromatic N) is 1. The van der Waals surface area contributed by atoms with E-state index in [0.29, 0.717) is 33.3 Å². The average molecular weight is 451 g/mol. The van der Waals surface area contributed by atoms with Crippen LogP contribution in [-0.2, 0) is 4.74 Å². The number of carboxylic acids is 1. The number of aromatic nitrogens is 1. The van der Waals surface area contributed by atoms with Crippen molar-refractivity contribution < 1.29 is 24.0 Å². The Hall–Kier alpha value is -3.84. The van der Waals surface area contributed by atoms with Crippen LogP contribution in [0.1, 0.15) is 34.6 Å². The van der Waals surface area contributed by atoms with Crippen LogP contribution in [-0.4, -0.2) is 22.3 Å². The number of aryl methyl sites for hydroxylation is 1. The van der Waals surface area contributed by atoms with Gasteiger partial charge >= 0.3 is 12.1 Å². The number of carboxylic acid groups (broad SMARTS) is 1. The van der Waals surface area contributed by atoms with Crippen molar-refractivity contribution in [2.75, 3.05) is 5.32 Å². The fourth-order valence-electron chi connectivity index (χ4n) is 3.39. The first-order valence-corrected chi connectivity index (χ1v) is 10.2. The van der Waals surface area contributed by atoms with Gasteiger partial charge in [-0.05, 0) is 48.9 Å². The number of carbonyl (C=O) groups is 2. The first kappa shape index (κ1) is 21.4. The van der Waals surface area contributed by atoms with Gasteiger partial charge in [-0.2, -0.15) is 0 Å². The molecule has 0 saturated heterocycles. The van der Waals surface area contributed by atoms with E-state index in [1.165, 1.54) is 6.07 Å². The summed E-state index contributed by atoms with van der Waals surface area (Å²) >= 11 is 6.18. The molecule has 0 aliphatic rings. The molecule has 2 N–H and O–H groups in total. The molecule has 8 heteroatoms. The van der Waals surface area contributed by atoms with Gasteiger partial charge in [-0.25, -0.2) is 9.59 Å². The minimum Gasteiger partial charge on any atom is -0.478 e.